The predicted molar refractivity (Wildman–Crippen MR) is 70.2 cm³/mol. The molecule has 0 saturated carbocycles. The van der Waals surface area contributed by atoms with Gasteiger partial charge in [-0.1, -0.05) is 20.8 Å². The van der Waals surface area contributed by atoms with Crippen molar-refractivity contribution < 1.29 is 0 Å². The van der Waals surface area contributed by atoms with E-state index in [0.717, 1.165) is 18.1 Å². The Kier molecular flexibility index (Phi) is 4.83. The zero-order valence-corrected chi connectivity index (χ0v) is 11.3. The number of nitrogens with one attached hydrogen (secondary N) is 1. The summed E-state index contributed by atoms with van der Waals surface area (Å²) in [5.74, 6) is 7.54. The van der Waals surface area contributed by atoms with Crippen molar-refractivity contribution in [3.63, 3.8) is 0 Å². The standard InChI is InChI=1S/C11H22N4S/c1-5-15-7-6-13-10(15)9(14-12)8-16-11(2,3)4/h6-7,9,14H,5,8,12H2,1-4H3. The number of aromatic nitrogens is 2. The van der Waals surface area contributed by atoms with Crippen LogP contribution in [0.15, 0.2) is 12.4 Å². The van der Waals surface area contributed by atoms with Gasteiger partial charge in [0.05, 0.1) is 6.04 Å². The third-order valence-corrected chi connectivity index (χ3v) is 3.65. The average Bonchev–Trinajstić information content (AvgIpc) is 2.65. The molecule has 0 spiro atoms. The lowest BCUT2D eigenvalue weighted by Crippen LogP contribution is -2.32. The molecule has 0 radical (unpaired) electrons. The molecule has 0 fully saturated rings. The highest BCUT2D eigenvalue weighted by molar-refractivity contribution is 8.00. The van der Waals surface area contributed by atoms with E-state index in [9.17, 15) is 0 Å². The van der Waals surface area contributed by atoms with Crippen molar-refractivity contribution in [3.8, 4) is 0 Å². The van der Waals surface area contributed by atoms with Crippen molar-refractivity contribution in [1.82, 2.24) is 15.0 Å². The largest absolute Gasteiger partial charge is 0.334 e. The van der Waals surface area contributed by atoms with E-state index in [0.29, 0.717) is 0 Å². The maximum atomic E-state index is 5.60. The lowest BCUT2D eigenvalue weighted by Gasteiger charge is -2.22. The van der Waals surface area contributed by atoms with Gasteiger partial charge in [0.25, 0.3) is 0 Å². The summed E-state index contributed by atoms with van der Waals surface area (Å²) in [6.07, 6.45) is 3.81. The van der Waals surface area contributed by atoms with Crippen LogP contribution in [0, 0.1) is 0 Å². The van der Waals surface area contributed by atoms with Crippen molar-refractivity contribution in [2.75, 3.05) is 5.75 Å². The molecule has 92 valence electrons. The fraction of sp³-hybridized carbons (Fsp3) is 0.727. The van der Waals surface area contributed by atoms with Gasteiger partial charge >= 0.3 is 0 Å². The Morgan fingerprint density at radius 1 is 1.56 bits per heavy atom. The van der Waals surface area contributed by atoms with Gasteiger partial charge in [0.2, 0.25) is 0 Å². The molecule has 0 aromatic carbocycles. The van der Waals surface area contributed by atoms with Crippen molar-refractivity contribution in [2.24, 2.45) is 5.84 Å². The van der Waals surface area contributed by atoms with Gasteiger partial charge in [-0.15, -0.1) is 0 Å². The molecule has 1 unspecified atom stereocenters. The van der Waals surface area contributed by atoms with E-state index in [2.05, 4.69) is 42.7 Å². The Balaban J connectivity index is 2.67. The van der Waals surface area contributed by atoms with Gasteiger partial charge in [-0.3, -0.25) is 5.84 Å². The minimum atomic E-state index is 0.110. The molecule has 1 heterocycles. The second-order valence-corrected chi connectivity index (χ2v) is 6.56. The summed E-state index contributed by atoms with van der Waals surface area (Å²) in [6, 6.07) is 0.110. The first-order chi connectivity index (χ1) is 7.48. The Morgan fingerprint density at radius 2 is 2.25 bits per heavy atom. The van der Waals surface area contributed by atoms with Crippen LogP contribution in [0.3, 0.4) is 0 Å². The summed E-state index contributed by atoms with van der Waals surface area (Å²) in [5.41, 5.74) is 2.85. The van der Waals surface area contributed by atoms with Crippen molar-refractivity contribution >= 4 is 11.8 Å². The highest BCUT2D eigenvalue weighted by Crippen LogP contribution is 2.27. The number of rotatable bonds is 5. The van der Waals surface area contributed by atoms with E-state index in [1.807, 2.05) is 24.2 Å². The monoisotopic (exact) mass is 242 g/mol. The molecular weight excluding hydrogens is 220 g/mol. The first-order valence-corrected chi connectivity index (χ1v) is 6.57. The number of aryl methyl sites for hydroxylation is 1. The summed E-state index contributed by atoms with van der Waals surface area (Å²) in [7, 11) is 0. The van der Waals surface area contributed by atoms with Crippen LogP contribution in [0.5, 0.6) is 0 Å². The quantitative estimate of drug-likeness (QED) is 0.612. The van der Waals surface area contributed by atoms with E-state index < -0.39 is 0 Å². The lowest BCUT2D eigenvalue weighted by molar-refractivity contribution is 0.539. The third kappa shape index (κ3) is 3.81. The van der Waals surface area contributed by atoms with Crippen LogP contribution in [0.4, 0.5) is 0 Å². The molecule has 1 rings (SSSR count). The Hall–Kier alpha value is -0.520. The van der Waals surface area contributed by atoms with Crippen molar-refractivity contribution in [3.05, 3.63) is 18.2 Å². The van der Waals surface area contributed by atoms with Gasteiger partial charge in [-0.2, -0.15) is 11.8 Å². The van der Waals surface area contributed by atoms with Crippen LogP contribution < -0.4 is 11.3 Å². The highest BCUT2D eigenvalue weighted by atomic mass is 32.2. The number of hydrogen-bond donors (Lipinski definition) is 2. The molecule has 0 aliphatic heterocycles. The molecule has 1 aromatic heterocycles. The maximum absolute atomic E-state index is 5.60. The SMILES string of the molecule is CCn1ccnc1C(CSC(C)(C)C)NN. The summed E-state index contributed by atoms with van der Waals surface area (Å²) >= 11 is 1.89. The summed E-state index contributed by atoms with van der Waals surface area (Å²) in [6.45, 7) is 9.65. The minimum Gasteiger partial charge on any atom is -0.334 e. The zero-order chi connectivity index (χ0) is 12.2. The molecule has 1 atom stereocenters. The lowest BCUT2D eigenvalue weighted by atomic mass is 10.3. The maximum Gasteiger partial charge on any atom is 0.128 e. The van der Waals surface area contributed by atoms with E-state index in [1.54, 1.807) is 0 Å². The molecule has 16 heavy (non-hydrogen) atoms. The second-order valence-electron chi connectivity index (χ2n) is 4.71. The van der Waals surface area contributed by atoms with Gasteiger partial charge in [-0.05, 0) is 6.92 Å². The zero-order valence-electron chi connectivity index (χ0n) is 10.5. The van der Waals surface area contributed by atoms with Crippen LogP contribution in [-0.4, -0.2) is 20.1 Å². The van der Waals surface area contributed by atoms with E-state index in [-0.39, 0.29) is 10.8 Å². The molecule has 5 heteroatoms. The third-order valence-electron chi connectivity index (χ3n) is 2.28. The number of nitrogens with zero attached hydrogens (tertiary/aromatic N) is 2. The molecule has 0 amide bonds. The Labute approximate surface area is 102 Å². The van der Waals surface area contributed by atoms with Crippen LogP contribution in [0.25, 0.3) is 0 Å². The smallest absolute Gasteiger partial charge is 0.128 e. The molecule has 0 saturated heterocycles. The fourth-order valence-corrected chi connectivity index (χ4v) is 2.34. The van der Waals surface area contributed by atoms with E-state index in [4.69, 9.17) is 5.84 Å². The predicted octanol–water partition coefficient (Wildman–Crippen LogP) is 1.94. The van der Waals surface area contributed by atoms with Gasteiger partial charge < -0.3 is 4.57 Å². The van der Waals surface area contributed by atoms with Gasteiger partial charge in [0.15, 0.2) is 0 Å². The van der Waals surface area contributed by atoms with Gasteiger partial charge in [-0.25, -0.2) is 10.4 Å². The van der Waals surface area contributed by atoms with Crippen LogP contribution >= 0.6 is 11.8 Å². The molecule has 4 nitrogen and oxygen atoms in total. The fourth-order valence-electron chi connectivity index (χ4n) is 1.43. The normalized spacial score (nSPS) is 14.1. The summed E-state index contributed by atoms with van der Waals surface area (Å²) in [4.78, 5) is 4.37. The summed E-state index contributed by atoms with van der Waals surface area (Å²) in [5, 5.41) is 0. The van der Waals surface area contributed by atoms with Crippen molar-refractivity contribution in [2.45, 2.75) is 45.0 Å². The molecule has 3 N–H and O–H groups in total. The average molecular weight is 242 g/mol. The molecule has 1 aromatic rings. The van der Waals surface area contributed by atoms with Gasteiger partial charge in [0, 0.05) is 29.4 Å². The topological polar surface area (TPSA) is 55.9 Å². The van der Waals surface area contributed by atoms with E-state index in [1.165, 1.54) is 0 Å². The number of thioether (sulfide) groups is 1. The first-order valence-electron chi connectivity index (χ1n) is 5.59. The van der Waals surface area contributed by atoms with Crippen LogP contribution in [0.1, 0.15) is 39.6 Å². The first kappa shape index (κ1) is 13.5. The number of nitrogens with two attached hydrogens (primary N) is 1. The Bertz CT molecular complexity index is 316. The molecule has 0 bridgehead atoms. The summed E-state index contributed by atoms with van der Waals surface area (Å²) < 4.78 is 2.37. The van der Waals surface area contributed by atoms with Crippen LogP contribution in [-0.2, 0) is 6.54 Å². The molecule has 0 aliphatic carbocycles. The number of hydrogen-bond acceptors (Lipinski definition) is 4. The van der Waals surface area contributed by atoms with Gasteiger partial charge in [0.1, 0.15) is 5.82 Å². The molecule has 0 aliphatic rings. The number of imidazole rings is 1. The van der Waals surface area contributed by atoms with Crippen LogP contribution in [0.2, 0.25) is 0 Å². The second kappa shape index (κ2) is 5.70. The van der Waals surface area contributed by atoms with E-state index >= 15 is 0 Å². The Morgan fingerprint density at radius 3 is 2.75 bits per heavy atom. The highest BCUT2D eigenvalue weighted by Gasteiger charge is 2.19. The van der Waals surface area contributed by atoms with Crippen molar-refractivity contribution in [1.29, 1.82) is 0 Å². The molecular formula is C11H22N4S. The number of hydrazine groups is 1. The minimum absolute atomic E-state index is 0.110.